The highest BCUT2D eigenvalue weighted by atomic mass is 16.7. The SMILES string of the molecule is CC12COC3C1C(C)(C=CC(=O)O2)C1CCC2(C)C(c4ccoc4)OC(=O)C4OC42C1(C)C3O. The normalized spacial score (nSPS) is 56.9. The molecule has 1 aromatic heterocycles. The number of allylic oxidation sites excluding steroid dienone is 1. The highest BCUT2D eigenvalue weighted by molar-refractivity contribution is 5.84. The summed E-state index contributed by atoms with van der Waals surface area (Å²) in [5, 5.41) is 12.1. The minimum absolute atomic E-state index is 0.0722. The maximum atomic E-state index is 13.2. The van der Waals surface area contributed by atoms with Crippen molar-refractivity contribution in [2.45, 2.75) is 76.2 Å². The van der Waals surface area contributed by atoms with Gasteiger partial charge in [-0.1, -0.05) is 26.8 Å². The molecule has 4 aliphatic heterocycles. The van der Waals surface area contributed by atoms with Crippen LogP contribution >= 0.6 is 0 Å². The summed E-state index contributed by atoms with van der Waals surface area (Å²) in [5.74, 6) is -1.08. The highest BCUT2D eigenvalue weighted by Gasteiger charge is 2.89. The minimum atomic E-state index is -0.930. The van der Waals surface area contributed by atoms with E-state index in [1.165, 1.54) is 6.08 Å². The van der Waals surface area contributed by atoms with E-state index in [-0.39, 0.29) is 24.4 Å². The van der Waals surface area contributed by atoms with Crippen LogP contribution in [0.15, 0.2) is 35.2 Å². The fraction of sp³-hybridized carbons (Fsp3) is 0.692. The quantitative estimate of drug-likeness (QED) is 0.493. The van der Waals surface area contributed by atoms with Crippen molar-refractivity contribution in [2.75, 3.05) is 6.61 Å². The molecule has 0 bridgehead atoms. The van der Waals surface area contributed by atoms with Crippen LogP contribution in [0.5, 0.6) is 0 Å². The number of ether oxygens (including phenoxy) is 4. The second kappa shape index (κ2) is 5.97. The number of aliphatic hydroxyl groups is 1. The van der Waals surface area contributed by atoms with Gasteiger partial charge in [0.15, 0.2) is 6.10 Å². The topological polar surface area (TPSA) is 108 Å². The number of rotatable bonds is 1. The van der Waals surface area contributed by atoms with Gasteiger partial charge in [0.1, 0.15) is 17.3 Å². The third-order valence-electron chi connectivity index (χ3n) is 10.6. The second-order valence-electron chi connectivity index (χ2n) is 12.0. The fourth-order valence-electron chi connectivity index (χ4n) is 9.35. The van der Waals surface area contributed by atoms with Gasteiger partial charge in [0, 0.05) is 28.4 Å². The van der Waals surface area contributed by atoms with Gasteiger partial charge in [-0.25, -0.2) is 9.59 Å². The van der Waals surface area contributed by atoms with Crippen LogP contribution < -0.4 is 0 Å². The third kappa shape index (κ3) is 2.02. The zero-order valence-corrected chi connectivity index (χ0v) is 19.8. The van der Waals surface area contributed by atoms with E-state index in [1.54, 1.807) is 12.5 Å². The molecule has 11 atom stereocenters. The molecular formula is C26H30O8. The van der Waals surface area contributed by atoms with Gasteiger partial charge in [-0.15, -0.1) is 0 Å². The lowest BCUT2D eigenvalue weighted by Gasteiger charge is -2.67. The molecule has 0 aromatic carbocycles. The molecule has 0 amide bonds. The van der Waals surface area contributed by atoms with Gasteiger partial charge in [-0.05, 0) is 37.2 Å². The second-order valence-corrected chi connectivity index (χ2v) is 12.0. The van der Waals surface area contributed by atoms with Crippen LogP contribution in [0.4, 0.5) is 0 Å². The molecule has 34 heavy (non-hydrogen) atoms. The van der Waals surface area contributed by atoms with E-state index < -0.39 is 57.8 Å². The maximum Gasteiger partial charge on any atom is 0.339 e. The summed E-state index contributed by atoms with van der Waals surface area (Å²) in [6, 6.07) is 1.82. The van der Waals surface area contributed by atoms with E-state index in [9.17, 15) is 14.7 Å². The van der Waals surface area contributed by atoms with Crippen molar-refractivity contribution in [2.24, 2.45) is 28.1 Å². The summed E-state index contributed by atoms with van der Waals surface area (Å²) in [6.45, 7) is 8.43. The van der Waals surface area contributed by atoms with Crippen LogP contribution in [0, 0.1) is 28.1 Å². The molecule has 8 nitrogen and oxygen atoms in total. The van der Waals surface area contributed by atoms with E-state index in [0.29, 0.717) is 0 Å². The summed E-state index contributed by atoms with van der Waals surface area (Å²) in [5.41, 5.74) is -2.89. The molecule has 2 saturated carbocycles. The summed E-state index contributed by atoms with van der Waals surface area (Å²) < 4.78 is 29.8. The average molecular weight is 471 g/mol. The molecule has 8 heteroatoms. The monoisotopic (exact) mass is 470 g/mol. The van der Waals surface area contributed by atoms with Gasteiger partial charge in [-0.2, -0.15) is 0 Å². The molecule has 6 aliphatic rings. The smallest absolute Gasteiger partial charge is 0.339 e. The molecule has 0 radical (unpaired) electrons. The maximum absolute atomic E-state index is 13.2. The lowest BCUT2D eigenvalue weighted by atomic mass is 9.37. The van der Waals surface area contributed by atoms with Crippen LogP contribution in [0.25, 0.3) is 0 Å². The lowest BCUT2D eigenvalue weighted by molar-refractivity contribution is -0.265. The molecule has 11 unspecified atom stereocenters. The number of esters is 2. The zero-order chi connectivity index (χ0) is 23.9. The Morgan fingerprint density at radius 2 is 1.91 bits per heavy atom. The number of hydrogen-bond acceptors (Lipinski definition) is 8. The highest BCUT2D eigenvalue weighted by Crippen LogP contribution is 2.79. The predicted octanol–water partition coefficient (Wildman–Crippen LogP) is 2.71. The molecule has 2 aliphatic carbocycles. The van der Waals surface area contributed by atoms with Gasteiger partial charge in [0.25, 0.3) is 0 Å². The largest absolute Gasteiger partial charge is 0.472 e. The molecular weight excluding hydrogens is 440 g/mol. The van der Waals surface area contributed by atoms with Gasteiger partial charge >= 0.3 is 11.9 Å². The van der Waals surface area contributed by atoms with Gasteiger partial charge in [-0.3, -0.25) is 0 Å². The summed E-state index contributed by atoms with van der Waals surface area (Å²) >= 11 is 0. The zero-order valence-electron chi connectivity index (χ0n) is 19.8. The van der Waals surface area contributed by atoms with Crippen molar-refractivity contribution in [3.8, 4) is 0 Å². The molecule has 7 rings (SSSR count). The number of epoxide rings is 1. The van der Waals surface area contributed by atoms with Crippen LogP contribution in [0.1, 0.15) is 52.2 Å². The number of carbonyl (C=O) groups is 2. The van der Waals surface area contributed by atoms with Crippen molar-refractivity contribution < 1.29 is 38.1 Å². The minimum Gasteiger partial charge on any atom is -0.472 e. The molecule has 3 saturated heterocycles. The molecule has 182 valence electrons. The first-order chi connectivity index (χ1) is 16.0. The Morgan fingerprint density at radius 3 is 2.65 bits per heavy atom. The fourth-order valence-corrected chi connectivity index (χ4v) is 9.35. The Kier molecular flexibility index (Phi) is 3.71. The van der Waals surface area contributed by atoms with Gasteiger partial charge in [0.05, 0.1) is 31.3 Å². The summed E-state index contributed by atoms with van der Waals surface area (Å²) in [6.07, 6.45) is 5.42. The first-order valence-corrected chi connectivity index (χ1v) is 12.2. The standard InChI is InChI=1S/C26H30O8/c1-22-8-6-15(27)33-24(3)12-31-16(17(22)24)18(28)25(4)14(22)5-9-23(2)19(13-7-10-30-11-13)32-21(29)20-26(23,25)34-20/h6-8,10-11,14,16-20,28H,5,9,12H2,1-4H3. The molecule has 1 N–H and O–H groups in total. The Morgan fingerprint density at radius 1 is 1.12 bits per heavy atom. The Hall–Kier alpha value is -2.16. The predicted molar refractivity (Wildman–Crippen MR) is 115 cm³/mol. The third-order valence-corrected chi connectivity index (χ3v) is 10.6. The van der Waals surface area contributed by atoms with E-state index >= 15 is 0 Å². The van der Waals surface area contributed by atoms with Crippen molar-refractivity contribution in [3.05, 3.63) is 36.3 Å². The van der Waals surface area contributed by atoms with Crippen molar-refractivity contribution in [3.63, 3.8) is 0 Å². The molecule has 5 heterocycles. The molecule has 5 fully saturated rings. The number of fused-ring (bicyclic) bond motifs is 2. The van der Waals surface area contributed by atoms with Gasteiger partial charge < -0.3 is 28.5 Å². The lowest BCUT2D eigenvalue weighted by Crippen LogP contribution is -2.74. The number of cyclic esters (lactones) is 1. The van der Waals surface area contributed by atoms with E-state index in [2.05, 4.69) is 13.8 Å². The Balaban J connectivity index is 1.43. The van der Waals surface area contributed by atoms with E-state index in [1.807, 2.05) is 26.0 Å². The van der Waals surface area contributed by atoms with E-state index in [0.717, 1.165) is 18.4 Å². The van der Waals surface area contributed by atoms with Crippen LogP contribution in [0.3, 0.4) is 0 Å². The van der Waals surface area contributed by atoms with Crippen LogP contribution in [0.2, 0.25) is 0 Å². The van der Waals surface area contributed by atoms with Crippen molar-refractivity contribution >= 4 is 11.9 Å². The molecule has 1 aromatic rings. The number of furan rings is 1. The number of aliphatic hydroxyl groups excluding tert-OH is 1. The van der Waals surface area contributed by atoms with Gasteiger partial charge in [0.2, 0.25) is 0 Å². The van der Waals surface area contributed by atoms with Crippen LogP contribution in [-0.4, -0.2) is 53.2 Å². The van der Waals surface area contributed by atoms with Crippen molar-refractivity contribution in [1.29, 1.82) is 0 Å². The molecule has 1 spiro atoms. The van der Waals surface area contributed by atoms with E-state index in [4.69, 9.17) is 23.4 Å². The Bertz CT molecular complexity index is 1130. The number of hydrogen-bond donors (Lipinski definition) is 1. The summed E-state index contributed by atoms with van der Waals surface area (Å²) in [4.78, 5) is 25.7. The summed E-state index contributed by atoms with van der Waals surface area (Å²) in [7, 11) is 0. The number of carbonyl (C=O) groups excluding carboxylic acids is 2. The Labute approximate surface area is 197 Å². The first-order valence-electron chi connectivity index (χ1n) is 12.2. The van der Waals surface area contributed by atoms with Crippen molar-refractivity contribution in [1.82, 2.24) is 0 Å². The van der Waals surface area contributed by atoms with Crippen LogP contribution in [-0.2, 0) is 28.5 Å². The first kappa shape index (κ1) is 21.1. The average Bonchev–Trinajstić information content (AvgIpc) is 3.21.